The molecule has 1 aromatic heterocycles. The van der Waals surface area contributed by atoms with Crippen molar-refractivity contribution in [2.45, 2.75) is 60.1 Å². The predicted molar refractivity (Wildman–Crippen MR) is 97.5 cm³/mol. The summed E-state index contributed by atoms with van der Waals surface area (Å²) in [6.45, 7) is 16.3. The first-order chi connectivity index (χ1) is 9.81. The maximum atomic E-state index is 4.88. The number of hydrogen-bond donors (Lipinski definition) is 0. The lowest BCUT2D eigenvalue weighted by Gasteiger charge is -2.16. The zero-order valence-corrected chi connectivity index (χ0v) is 15.1. The number of benzene rings is 1. The molecule has 1 heterocycles. The van der Waals surface area contributed by atoms with Crippen LogP contribution in [0.5, 0.6) is 0 Å². The summed E-state index contributed by atoms with van der Waals surface area (Å²) in [7, 11) is 0. The molecule has 0 atom stereocenters. The molecule has 0 radical (unpaired) electrons. The summed E-state index contributed by atoms with van der Waals surface area (Å²) in [4.78, 5) is 4.88. The first-order valence-electron chi connectivity index (χ1n) is 7.89. The highest BCUT2D eigenvalue weighted by Crippen LogP contribution is 2.31. The second kappa shape index (κ2) is 6.35. The number of aromatic nitrogens is 1. The number of nitrogens with zero attached hydrogens (tertiary/aromatic N) is 1. The SMILES string of the molecule is CB(c1sc(C)nc1-c1ccc(C)cc1C(C)C)C(C)C. The van der Waals surface area contributed by atoms with Crippen LogP contribution in [0.4, 0.5) is 0 Å². The lowest BCUT2D eigenvalue weighted by Crippen LogP contribution is -2.28. The molecule has 21 heavy (non-hydrogen) atoms. The topological polar surface area (TPSA) is 12.9 Å². The van der Waals surface area contributed by atoms with Gasteiger partial charge in [0.25, 0.3) is 0 Å². The molecule has 112 valence electrons. The number of hydrogen-bond acceptors (Lipinski definition) is 2. The fourth-order valence-electron chi connectivity index (χ4n) is 2.62. The van der Waals surface area contributed by atoms with Gasteiger partial charge in [-0.2, -0.15) is 0 Å². The number of thiazole rings is 1. The van der Waals surface area contributed by atoms with E-state index in [9.17, 15) is 0 Å². The molecule has 0 N–H and O–H groups in total. The van der Waals surface area contributed by atoms with Gasteiger partial charge in [-0.1, -0.05) is 64.1 Å². The Balaban J connectivity index is 2.62. The minimum absolute atomic E-state index is 0.518. The van der Waals surface area contributed by atoms with Crippen molar-refractivity contribution >= 4 is 22.8 Å². The normalized spacial score (nSPS) is 11.5. The Morgan fingerprint density at radius 2 is 1.76 bits per heavy atom. The van der Waals surface area contributed by atoms with E-state index in [0.29, 0.717) is 18.4 Å². The third-order valence-corrected chi connectivity index (χ3v) is 5.43. The molecule has 0 amide bonds. The van der Waals surface area contributed by atoms with Gasteiger partial charge in [0.05, 0.1) is 10.7 Å². The Bertz CT molecular complexity index is 628. The van der Waals surface area contributed by atoms with Crippen molar-refractivity contribution in [2.75, 3.05) is 0 Å². The molecule has 0 saturated carbocycles. The third-order valence-electron chi connectivity index (χ3n) is 4.26. The summed E-state index contributed by atoms with van der Waals surface area (Å²) in [5.41, 5.74) is 5.27. The van der Waals surface area contributed by atoms with Crippen LogP contribution >= 0.6 is 11.3 Å². The standard InChI is InChI=1S/C18H26BNS/c1-11(2)16-10-13(5)8-9-15(16)17-18(19(7)12(3)4)21-14(6)20-17/h8-12H,1-7H3. The molecule has 2 aromatic rings. The second-order valence-electron chi connectivity index (χ2n) is 6.72. The van der Waals surface area contributed by atoms with Gasteiger partial charge in [0.2, 0.25) is 0 Å². The average molecular weight is 299 g/mol. The maximum absolute atomic E-state index is 4.88. The second-order valence-corrected chi connectivity index (χ2v) is 7.96. The van der Waals surface area contributed by atoms with Gasteiger partial charge in [0.1, 0.15) is 0 Å². The first-order valence-corrected chi connectivity index (χ1v) is 8.71. The van der Waals surface area contributed by atoms with Gasteiger partial charge in [-0.15, -0.1) is 11.3 Å². The zero-order valence-electron chi connectivity index (χ0n) is 14.3. The highest BCUT2D eigenvalue weighted by atomic mass is 32.1. The quantitative estimate of drug-likeness (QED) is 0.699. The Morgan fingerprint density at radius 1 is 1.10 bits per heavy atom. The molecule has 0 unspecified atom stereocenters. The minimum Gasteiger partial charge on any atom is -0.242 e. The van der Waals surface area contributed by atoms with Crippen LogP contribution in [0.2, 0.25) is 12.6 Å². The molecule has 1 nitrogen and oxygen atoms in total. The average Bonchev–Trinajstić information content (AvgIpc) is 2.79. The molecular formula is C18H26BNS. The summed E-state index contributed by atoms with van der Waals surface area (Å²) < 4.78 is 1.44. The van der Waals surface area contributed by atoms with Crippen LogP contribution in [-0.4, -0.2) is 11.7 Å². The Hall–Kier alpha value is -1.09. The Labute approximate surface area is 133 Å². The molecule has 0 spiro atoms. The largest absolute Gasteiger partial charge is 0.242 e. The van der Waals surface area contributed by atoms with Gasteiger partial charge < -0.3 is 0 Å². The van der Waals surface area contributed by atoms with E-state index in [0.717, 1.165) is 0 Å². The molecule has 0 bridgehead atoms. The molecule has 0 aliphatic carbocycles. The summed E-state index contributed by atoms with van der Waals surface area (Å²) in [6.07, 6.45) is 0. The van der Waals surface area contributed by atoms with Crippen LogP contribution in [0.3, 0.4) is 0 Å². The third kappa shape index (κ3) is 3.40. The van der Waals surface area contributed by atoms with E-state index in [1.165, 1.54) is 32.2 Å². The summed E-state index contributed by atoms with van der Waals surface area (Å²) in [5, 5.41) is 1.17. The van der Waals surface area contributed by atoms with Gasteiger partial charge >= 0.3 is 0 Å². The van der Waals surface area contributed by atoms with E-state index < -0.39 is 0 Å². The number of aryl methyl sites for hydroxylation is 2. The maximum Gasteiger partial charge on any atom is 0.191 e. The van der Waals surface area contributed by atoms with E-state index in [4.69, 9.17) is 4.98 Å². The summed E-state index contributed by atoms with van der Waals surface area (Å²) in [6, 6.07) is 6.79. The van der Waals surface area contributed by atoms with E-state index >= 15 is 0 Å². The molecule has 1 aromatic carbocycles. The summed E-state index contributed by atoms with van der Waals surface area (Å²) >= 11 is 1.86. The molecule has 0 fully saturated rings. The van der Waals surface area contributed by atoms with Crippen molar-refractivity contribution < 1.29 is 0 Å². The van der Waals surface area contributed by atoms with Crippen molar-refractivity contribution in [3.63, 3.8) is 0 Å². The van der Waals surface area contributed by atoms with E-state index in [1.807, 2.05) is 11.3 Å². The van der Waals surface area contributed by atoms with Crippen LogP contribution in [0.15, 0.2) is 18.2 Å². The van der Waals surface area contributed by atoms with Crippen LogP contribution in [-0.2, 0) is 0 Å². The predicted octanol–water partition coefficient (Wildman–Crippen LogP) is 5.29. The molecular weight excluding hydrogens is 273 g/mol. The van der Waals surface area contributed by atoms with Gasteiger partial charge in [-0.05, 0) is 30.1 Å². The lowest BCUT2D eigenvalue weighted by atomic mass is 9.42. The van der Waals surface area contributed by atoms with Crippen LogP contribution < -0.4 is 4.78 Å². The fourth-order valence-corrected chi connectivity index (χ4v) is 3.79. The summed E-state index contributed by atoms with van der Waals surface area (Å²) in [5.74, 6) is 1.15. The Morgan fingerprint density at radius 3 is 2.33 bits per heavy atom. The van der Waals surface area contributed by atoms with Crippen molar-refractivity contribution in [3.05, 3.63) is 34.3 Å². The lowest BCUT2D eigenvalue weighted by molar-refractivity contribution is 0.866. The van der Waals surface area contributed by atoms with Crippen LogP contribution in [0.25, 0.3) is 11.3 Å². The fraction of sp³-hybridized carbons (Fsp3) is 0.500. The van der Waals surface area contributed by atoms with E-state index in [-0.39, 0.29) is 0 Å². The zero-order chi connectivity index (χ0) is 15.7. The van der Waals surface area contributed by atoms with Crippen LogP contribution in [0, 0.1) is 13.8 Å². The monoisotopic (exact) mass is 299 g/mol. The first kappa shape index (κ1) is 16.3. The number of rotatable bonds is 4. The van der Waals surface area contributed by atoms with E-state index in [2.05, 4.69) is 66.6 Å². The van der Waals surface area contributed by atoms with Crippen molar-refractivity contribution in [3.8, 4) is 11.3 Å². The van der Waals surface area contributed by atoms with Gasteiger partial charge in [-0.25, -0.2) is 4.98 Å². The molecule has 3 heteroatoms. The highest BCUT2D eigenvalue weighted by molar-refractivity contribution is 7.24. The molecule has 2 rings (SSSR count). The van der Waals surface area contributed by atoms with E-state index in [1.54, 1.807) is 0 Å². The van der Waals surface area contributed by atoms with Crippen molar-refractivity contribution in [1.29, 1.82) is 0 Å². The minimum atomic E-state index is 0.518. The van der Waals surface area contributed by atoms with Crippen LogP contribution in [0.1, 0.15) is 49.7 Å². The van der Waals surface area contributed by atoms with Crippen molar-refractivity contribution in [1.82, 2.24) is 4.98 Å². The van der Waals surface area contributed by atoms with Crippen molar-refractivity contribution in [2.24, 2.45) is 0 Å². The molecule has 0 saturated heterocycles. The van der Waals surface area contributed by atoms with Gasteiger partial charge in [-0.3, -0.25) is 0 Å². The highest BCUT2D eigenvalue weighted by Gasteiger charge is 2.24. The Kier molecular flexibility index (Phi) is 4.93. The smallest absolute Gasteiger partial charge is 0.191 e. The van der Waals surface area contributed by atoms with Gasteiger partial charge in [0.15, 0.2) is 6.71 Å². The molecule has 0 aliphatic heterocycles. The molecule has 0 aliphatic rings. The van der Waals surface area contributed by atoms with Gasteiger partial charge in [0, 0.05) is 5.56 Å².